The molecule has 0 amide bonds. The summed E-state index contributed by atoms with van der Waals surface area (Å²) >= 11 is 0. The maximum absolute atomic E-state index is 11.8. The van der Waals surface area contributed by atoms with Crippen molar-refractivity contribution in [3.63, 3.8) is 0 Å². The summed E-state index contributed by atoms with van der Waals surface area (Å²) in [7, 11) is 0. The maximum atomic E-state index is 11.8. The van der Waals surface area contributed by atoms with Crippen LogP contribution >= 0.6 is 0 Å². The Bertz CT molecular complexity index is 443. The van der Waals surface area contributed by atoms with Crippen molar-refractivity contribution in [1.29, 1.82) is 0 Å². The lowest BCUT2D eigenvalue weighted by Crippen LogP contribution is -2.34. The quantitative estimate of drug-likeness (QED) is 0.558. The van der Waals surface area contributed by atoms with Crippen LogP contribution in [0, 0.1) is 13.8 Å². The summed E-state index contributed by atoms with van der Waals surface area (Å²) in [5, 5.41) is 3.50. The molecule has 0 aromatic heterocycles. The van der Waals surface area contributed by atoms with Gasteiger partial charge in [0.2, 0.25) is 0 Å². The molecule has 0 aliphatic rings. The van der Waals surface area contributed by atoms with Gasteiger partial charge in [0.15, 0.2) is 0 Å². The zero-order chi connectivity index (χ0) is 15.7. The van der Waals surface area contributed by atoms with Gasteiger partial charge in [0.1, 0.15) is 0 Å². The Labute approximate surface area is 129 Å². The van der Waals surface area contributed by atoms with Crippen molar-refractivity contribution in [3.05, 3.63) is 34.9 Å². The SMILES string of the molecule is CCCCNC(CC(=O)OCC)Cc1cc(C)ccc1C. The lowest BCUT2D eigenvalue weighted by molar-refractivity contribution is -0.143. The van der Waals surface area contributed by atoms with E-state index in [1.807, 2.05) is 6.92 Å². The van der Waals surface area contributed by atoms with Crippen molar-refractivity contribution in [3.8, 4) is 0 Å². The predicted molar refractivity (Wildman–Crippen MR) is 87.6 cm³/mol. The van der Waals surface area contributed by atoms with Gasteiger partial charge in [-0.2, -0.15) is 0 Å². The minimum Gasteiger partial charge on any atom is -0.466 e. The van der Waals surface area contributed by atoms with Gasteiger partial charge in [-0.25, -0.2) is 0 Å². The molecular weight excluding hydrogens is 262 g/mol. The van der Waals surface area contributed by atoms with Crippen LogP contribution in [0.1, 0.15) is 49.8 Å². The standard InChI is InChI=1S/C18H29NO2/c1-5-7-10-19-17(13-18(20)21-6-2)12-16-11-14(3)8-9-15(16)4/h8-9,11,17,19H,5-7,10,12-13H2,1-4H3. The minimum absolute atomic E-state index is 0.114. The van der Waals surface area contributed by atoms with E-state index in [1.165, 1.54) is 16.7 Å². The van der Waals surface area contributed by atoms with Crippen molar-refractivity contribution in [2.75, 3.05) is 13.2 Å². The average Bonchev–Trinajstić information content (AvgIpc) is 2.43. The summed E-state index contributed by atoms with van der Waals surface area (Å²) in [6.07, 6.45) is 3.59. The van der Waals surface area contributed by atoms with Crippen LogP contribution in [0.5, 0.6) is 0 Å². The Morgan fingerprint density at radius 3 is 2.71 bits per heavy atom. The first-order chi connectivity index (χ1) is 10.1. The third-order valence-corrected chi connectivity index (χ3v) is 3.65. The topological polar surface area (TPSA) is 38.3 Å². The molecule has 0 bridgehead atoms. The highest BCUT2D eigenvalue weighted by Crippen LogP contribution is 2.14. The van der Waals surface area contributed by atoms with Crippen LogP contribution in [0.15, 0.2) is 18.2 Å². The Hall–Kier alpha value is -1.35. The Balaban J connectivity index is 2.70. The highest BCUT2D eigenvalue weighted by molar-refractivity contribution is 5.70. The number of carbonyl (C=O) groups is 1. The van der Waals surface area contributed by atoms with Gasteiger partial charge in [0.25, 0.3) is 0 Å². The van der Waals surface area contributed by atoms with Gasteiger partial charge in [0, 0.05) is 6.04 Å². The zero-order valence-electron chi connectivity index (χ0n) is 13.9. The second kappa shape index (κ2) is 9.56. The fourth-order valence-corrected chi connectivity index (χ4v) is 2.41. The lowest BCUT2D eigenvalue weighted by atomic mass is 9.97. The van der Waals surface area contributed by atoms with Gasteiger partial charge < -0.3 is 10.1 Å². The molecule has 1 aromatic carbocycles. The number of benzene rings is 1. The lowest BCUT2D eigenvalue weighted by Gasteiger charge is -2.19. The molecule has 21 heavy (non-hydrogen) atoms. The summed E-state index contributed by atoms with van der Waals surface area (Å²) in [5.41, 5.74) is 3.86. The second-order valence-corrected chi connectivity index (χ2v) is 5.65. The molecule has 0 heterocycles. The molecule has 1 unspecified atom stereocenters. The molecule has 3 nitrogen and oxygen atoms in total. The fraction of sp³-hybridized carbons (Fsp3) is 0.611. The third kappa shape index (κ3) is 6.76. The fourth-order valence-electron chi connectivity index (χ4n) is 2.41. The van der Waals surface area contributed by atoms with Crippen LogP contribution < -0.4 is 5.32 Å². The number of nitrogens with one attached hydrogen (secondary N) is 1. The van der Waals surface area contributed by atoms with Gasteiger partial charge in [-0.15, -0.1) is 0 Å². The molecule has 1 atom stereocenters. The smallest absolute Gasteiger partial charge is 0.307 e. The summed E-state index contributed by atoms with van der Waals surface area (Å²) in [4.78, 5) is 11.8. The number of hydrogen-bond acceptors (Lipinski definition) is 3. The van der Waals surface area contributed by atoms with Crippen molar-refractivity contribution in [1.82, 2.24) is 5.32 Å². The maximum Gasteiger partial charge on any atom is 0.307 e. The van der Waals surface area contributed by atoms with E-state index in [1.54, 1.807) is 0 Å². The first-order valence-corrected chi connectivity index (χ1v) is 8.02. The normalized spacial score (nSPS) is 12.2. The number of hydrogen-bond donors (Lipinski definition) is 1. The van der Waals surface area contributed by atoms with Crippen LogP contribution in [0.4, 0.5) is 0 Å². The van der Waals surface area contributed by atoms with Crippen molar-refractivity contribution in [2.45, 2.75) is 59.4 Å². The number of aryl methyl sites for hydroxylation is 2. The van der Waals surface area contributed by atoms with Crippen molar-refractivity contribution >= 4 is 5.97 Å². The molecule has 0 aliphatic carbocycles. The number of rotatable bonds is 9. The van der Waals surface area contributed by atoms with Crippen molar-refractivity contribution < 1.29 is 9.53 Å². The molecule has 0 aliphatic heterocycles. The van der Waals surface area contributed by atoms with Crippen LogP contribution in [0.2, 0.25) is 0 Å². The number of carbonyl (C=O) groups excluding carboxylic acids is 1. The van der Waals surface area contributed by atoms with Crippen LogP contribution in [0.25, 0.3) is 0 Å². The molecule has 0 radical (unpaired) electrons. The molecular formula is C18H29NO2. The van der Waals surface area contributed by atoms with E-state index in [-0.39, 0.29) is 12.0 Å². The van der Waals surface area contributed by atoms with Crippen LogP contribution in [-0.4, -0.2) is 25.2 Å². The largest absolute Gasteiger partial charge is 0.466 e. The van der Waals surface area contributed by atoms with Crippen LogP contribution in [0.3, 0.4) is 0 Å². The van der Waals surface area contributed by atoms with E-state index in [9.17, 15) is 4.79 Å². The first kappa shape index (κ1) is 17.7. The second-order valence-electron chi connectivity index (χ2n) is 5.65. The highest BCUT2D eigenvalue weighted by Gasteiger charge is 2.15. The molecule has 118 valence electrons. The molecule has 0 fully saturated rings. The molecule has 1 rings (SSSR count). The summed E-state index contributed by atoms with van der Waals surface area (Å²) in [6, 6.07) is 6.65. The number of unbranched alkanes of at least 4 members (excludes halogenated alkanes) is 1. The highest BCUT2D eigenvalue weighted by atomic mass is 16.5. The molecule has 0 saturated carbocycles. The zero-order valence-corrected chi connectivity index (χ0v) is 13.9. The van der Waals surface area contributed by atoms with E-state index in [2.05, 4.69) is 44.3 Å². The first-order valence-electron chi connectivity index (χ1n) is 8.02. The van der Waals surface area contributed by atoms with Crippen molar-refractivity contribution in [2.24, 2.45) is 0 Å². The Morgan fingerprint density at radius 2 is 2.05 bits per heavy atom. The van der Waals surface area contributed by atoms with Gasteiger partial charge in [-0.05, 0) is 51.3 Å². The van der Waals surface area contributed by atoms with Gasteiger partial charge in [-0.3, -0.25) is 4.79 Å². The van der Waals surface area contributed by atoms with E-state index in [4.69, 9.17) is 4.74 Å². The van der Waals surface area contributed by atoms with E-state index >= 15 is 0 Å². The molecule has 0 spiro atoms. The third-order valence-electron chi connectivity index (χ3n) is 3.65. The number of esters is 1. The predicted octanol–water partition coefficient (Wildman–Crippen LogP) is 3.56. The van der Waals surface area contributed by atoms with Gasteiger partial charge in [0.05, 0.1) is 13.0 Å². The molecule has 3 heteroatoms. The monoisotopic (exact) mass is 291 g/mol. The Morgan fingerprint density at radius 1 is 1.29 bits per heavy atom. The number of ether oxygens (including phenoxy) is 1. The van der Waals surface area contributed by atoms with E-state index in [0.29, 0.717) is 13.0 Å². The van der Waals surface area contributed by atoms with E-state index < -0.39 is 0 Å². The molecule has 0 saturated heterocycles. The average molecular weight is 291 g/mol. The Kier molecular flexibility index (Phi) is 8.06. The minimum atomic E-state index is -0.114. The van der Waals surface area contributed by atoms with Gasteiger partial charge >= 0.3 is 5.97 Å². The van der Waals surface area contributed by atoms with Crippen LogP contribution in [-0.2, 0) is 16.0 Å². The molecule has 1 N–H and O–H groups in total. The summed E-state index contributed by atoms with van der Waals surface area (Å²) in [5.74, 6) is -0.114. The summed E-state index contributed by atoms with van der Waals surface area (Å²) < 4.78 is 5.09. The van der Waals surface area contributed by atoms with E-state index in [0.717, 1.165) is 25.8 Å². The molecule has 1 aromatic rings. The summed E-state index contributed by atoms with van der Waals surface area (Å²) in [6.45, 7) is 9.65. The van der Waals surface area contributed by atoms with Gasteiger partial charge in [-0.1, -0.05) is 37.1 Å².